The van der Waals surface area contributed by atoms with E-state index < -0.39 is 0 Å². The summed E-state index contributed by atoms with van der Waals surface area (Å²) in [7, 11) is 0. The molecular formula is C38H27N3O. The first-order valence-corrected chi connectivity index (χ1v) is 14.8. The van der Waals surface area contributed by atoms with Gasteiger partial charge < -0.3 is 4.42 Å². The number of rotatable bonds is 3. The van der Waals surface area contributed by atoms with Gasteiger partial charge in [-0.25, -0.2) is 15.0 Å². The van der Waals surface area contributed by atoms with Gasteiger partial charge in [-0.2, -0.15) is 0 Å². The van der Waals surface area contributed by atoms with Crippen LogP contribution >= 0.6 is 0 Å². The number of hydrogen-bond acceptors (Lipinski definition) is 4. The third-order valence-corrected chi connectivity index (χ3v) is 8.84. The molecule has 0 atom stereocenters. The summed E-state index contributed by atoms with van der Waals surface area (Å²) in [5.74, 6) is 2.27. The normalized spacial score (nSPS) is 14.3. The van der Waals surface area contributed by atoms with Crippen LogP contribution in [0, 0.1) is 0 Å². The van der Waals surface area contributed by atoms with E-state index in [4.69, 9.17) is 19.4 Å². The van der Waals surface area contributed by atoms with E-state index in [0.29, 0.717) is 0 Å². The lowest BCUT2D eigenvalue weighted by atomic mass is 9.98. The lowest BCUT2D eigenvalue weighted by Crippen LogP contribution is -2.04. The zero-order valence-electron chi connectivity index (χ0n) is 23.1. The topological polar surface area (TPSA) is 51.8 Å². The number of furan rings is 1. The molecule has 2 aliphatic carbocycles. The van der Waals surface area contributed by atoms with Gasteiger partial charge >= 0.3 is 0 Å². The lowest BCUT2D eigenvalue weighted by Gasteiger charge is -2.14. The first-order valence-electron chi connectivity index (χ1n) is 14.8. The van der Waals surface area contributed by atoms with E-state index in [1.807, 2.05) is 18.2 Å². The Bertz CT molecular complexity index is 2230. The van der Waals surface area contributed by atoms with Crippen LogP contribution in [-0.4, -0.2) is 15.0 Å². The lowest BCUT2D eigenvalue weighted by molar-refractivity contribution is 0.669. The van der Waals surface area contributed by atoms with Crippen LogP contribution in [0.25, 0.3) is 72.2 Å². The molecule has 2 aromatic heterocycles. The molecule has 0 amide bonds. The van der Waals surface area contributed by atoms with E-state index in [-0.39, 0.29) is 0 Å². The van der Waals surface area contributed by atoms with Gasteiger partial charge in [0.15, 0.2) is 17.5 Å². The van der Waals surface area contributed by atoms with Gasteiger partial charge in [0.05, 0.1) is 0 Å². The molecule has 2 heterocycles. The fraction of sp³-hybridized carbons (Fsp3) is 0.132. The van der Waals surface area contributed by atoms with Crippen molar-refractivity contribution in [3.63, 3.8) is 0 Å². The highest BCUT2D eigenvalue weighted by atomic mass is 16.3. The number of benzene rings is 5. The second-order valence-corrected chi connectivity index (χ2v) is 11.5. The number of aromatic nitrogens is 3. The highest BCUT2D eigenvalue weighted by Gasteiger charge is 2.23. The molecule has 0 saturated carbocycles. The quantitative estimate of drug-likeness (QED) is 0.223. The summed E-state index contributed by atoms with van der Waals surface area (Å²) in [5.41, 5.74) is 10.3. The van der Waals surface area contributed by atoms with Crippen molar-refractivity contribution >= 4 is 38.3 Å². The van der Waals surface area contributed by atoms with Crippen LogP contribution in [0.15, 0.2) is 108 Å². The van der Waals surface area contributed by atoms with E-state index in [9.17, 15) is 0 Å². The maximum absolute atomic E-state index is 6.37. The molecule has 5 aromatic carbocycles. The van der Waals surface area contributed by atoms with Gasteiger partial charge in [0.25, 0.3) is 0 Å². The first-order chi connectivity index (χ1) is 20.8. The van der Waals surface area contributed by atoms with Crippen LogP contribution in [0.3, 0.4) is 0 Å². The van der Waals surface area contributed by atoms with Crippen molar-refractivity contribution < 1.29 is 4.42 Å². The Morgan fingerprint density at radius 1 is 0.548 bits per heavy atom. The second kappa shape index (κ2) is 9.22. The Morgan fingerprint density at radius 2 is 1.26 bits per heavy atom. The molecule has 0 unspecified atom stereocenters. The standard InChI is InChI=1S/C38H27N3O/c1-3-9-23(10-4-1)36-39-37(24-11-5-2-6-12-24)41-38(40-36)27-15-16-30-28(17-27)18-29-21-35-33(22-31(29)30)32-19-25-13-7-8-14-26(25)20-34(32)42-35/h1,3-4,7-11,13-17,19-22H,2,5-6,12,18H2. The molecular weight excluding hydrogens is 514 g/mol. The van der Waals surface area contributed by atoms with Crippen molar-refractivity contribution in [3.05, 3.63) is 120 Å². The van der Waals surface area contributed by atoms with Gasteiger partial charge in [0.1, 0.15) is 11.2 Å². The molecule has 0 fully saturated rings. The number of fused-ring (bicyclic) bond motifs is 7. The van der Waals surface area contributed by atoms with Crippen LogP contribution in [0.4, 0.5) is 0 Å². The zero-order valence-corrected chi connectivity index (χ0v) is 23.1. The van der Waals surface area contributed by atoms with Gasteiger partial charge in [-0.1, -0.05) is 72.8 Å². The average molecular weight is 542 g/mol. The van der Waals surface area contributed by atoms with E-state index in [1.165, 1.54) is 62.2 Å². The van der Waals surface area contributed by atoms with Crippen molar-refractivity contribution in [2.75, 3.05) is 0 Å². The Hall–Kier alpha value is -5.09. The van der Waals surface area contributed by atoms with Crippen LogP contribution < -0.4 is 0 Å². The largest absolute Gasteiger partial charge is 0.456 e. The van der Waals surface area contributed by atoms with Crippen LogP contribution in [0.2, 0.25) is 0 Å². The van der Waals surface area contributed by atoms with E-state index >= 15 is 0 Å². The third kappa shape index (κ3) is 3.79. The Balaban J connectivity index is 1.15. The monoisotopic (exact) mass is 541 g/mol. The summed E-state index contributed by atoms with van der Waals surface area (Å²) in [5, 5.41) is 4.77. The number of nitrogens with zero attached hydrogens (tertiary/aromatic N) is 3. The van der Waals surface area contributed by atoms with Crippen LogP contribution in [-0.2, 0) is 6.42 Å². The molecule has 200 valence electrons. The fourth-order valence-corrected chi connectivity index (χ4v) is 6.70. The minimum absolute atomic E-state index is 0.727. The van der Waals surface area contributed by atoms with Crippen molar-refractivity contribution in [3.8, 4) is 33.9 Å². The predicted octanol–water partition coefficient (Wildman–Crippen LogP) is 9.79. The molecule has 2 aliphatic rings. The SMILES string of the molecule is C1=C(c2nc(-c3ccccc3)nc(-c3ccc4c(c3)Cc3cc5oc6cc7ccccc7cc6c5cc3-4)n2)CCCC1. The summed E-state index contributed by atoms with van der Waals surface area (Å²) in [6.07, 6.45) is 7.68. The maximum atomic E-state index is 6.37. The van der Waals surface area contributed by atoms with Crippen molar-refractivity contribution in [1.82, 2.24) is 15.0 Å². The van der Waals surface area contributed by atoms with Gasteiger partial charge in [-0.15, -0.1) is 0 Å². The van der Waals surface area contributed by atoms with E-state index in [2.05, 4.69) is 84.9 Å². The van der Waals surface area contributed by atoms with Gasteiger partial charge in [-0.05, 0) is 101 Å². The molecule has 7 aromatic rings. The predicted molar refractivity (Wildman–Crippen MR) is 170 cm³/mol. The summed E-state index contributed by atoms with van der Waals surface area (Å²) in [6.45, 7) is 0. The van der Waals surface area contributed by atoms with Gasteiger partial charge in [-0.3, -0.25) is 0 Å². The van der Waals surface area contributed by atoms with Gasteiger partial charge in [0.2, 0.25) is 0 Å². The Morgan fingerprint density at radius 3 is 2.10 bits per heavy atom. The maximum Gasteiger partial charge on any atom is 0.164 e. The molecule has 0 aliphatic heterocycles. The molecule has 9 rings (SSSR count). The third-order valence-electron chi connectivity index (χ3n) is 8.84. The van der Waals surface area contributed by atoms with Crippen molar-refractivity contribution in [2.45, 2.75) is 32.1 Å². The molecule has 4 nitrogen and oxygen atoms in total. The summed E-state index contributed by atoms with van der Waals surface area (Å²) in [4.78, 5) is 14.9. The second-order valence-electron chi connectivity index (χ2n) is 11.5. The van der Waals surface area contributed by atoms with E-state index in [0.717, 1.165) is 59.0 Å². The summed E-state index contributed by atoms with van der Waals surface area (Å²) >= 11 is 0. The highest BCUT2D eigenvalue weighted by Crippen LogP contribution is 2.43. The van der Waals surface area contributed by atoms with Crippen molar-refractivity contribution in [2.24, 2.45) is 0 Å². The molecule has 4 heteroatoms. The molecule has 0 spiro atoms. The van der Waals surface area contributed by atoms with E-state index in [1.54, 1.807) is 0 Å². The summed E-state index contributed by atoms with van der Waals surface area (Å²) in [6, 6.07) is 34.3. The fourth-order valence-electron chi connectivity index (χ4n) is 6.70. The van der Waals surface area contributed by atoms with Crippen LogP contribution in [0.5, 0.6) is 0 Å². The Kier molecular flexibility index (Phi) is 5.18. The van der Waals surface area contributed by atoms with Crippen molar-refractivity contribution in [1.29, 1.82) is 0 Å². The van der Waals surface area contributed by atoms with Gasteiger partial charge in [0, 0.05) is 21.9 Å². The average Bonchev–Trinajstić information content (AvgIpc) is 3.59. The molecule has 0 N–H and O–H groups in total. The highest BCUT2D eigenvalue weighted by molar-refractivity contribution is 6.11. The minimum atomic E-state index is 0.727. The number of hydrogen-bond donors (Lipinski definition) is 0. The minimum Gasteiger partial charge on any atom is -0.456 e. The Labute approximate surface area is 243 Å². The molecule has 42 heavy (non-hydrogen) atoms. The van der Waals surface area contributed by atoms with Crippen LogP contribution in [0.1, 0.15) is 42.6 Å². The first kappa shape index (κ1) is 23.6. The smallest absolute Gasteiger partial charge is 0.164 e. The number of allylic oxidation sites excluding steroid dienone is 2. The molecule has 0 bridgehead atoms. The zero-order chi connectivity index (χ0) is 27.6. The summed E-state index contributed by atoms with van der Waals surface area (Å²) < 4.78 is 6.37. The molecule has 0 radical (unpaired) electrons. The molecule has 0 saturated heterocycles.